The first-order chi connectivity index (χ1) is 11.9. The zero-order valence-corrected chi connectivity index (χ0v) is 14.5. The second-order valence-electron chi connectivity index (χ2n) is 5.57. The zero-order valence-electron chi connectivity index (χ0n) is 14.5. The van der Waals surface area contributed by atoms with Gasteiger partial charge in [0.05, 0.1) is 6.61 Å². The number of aryl methyl sites for hydroxylation is 1. The van der Waals surface area contributed by atoms with Crippen molar-refractivity contribution in [3.8, 4) is 11.5 Å². The fourth-order valence-corrected chi connectivity index (χ4v) is 2.48. The van der Waals surface area contributed by atoms with Crippen molar-refractivity contribution in [3.05, 3.63) is 59.2 Å². The van der Waals surface area contributed by atoms with Crippen LogP contribution in [0, 0.1) is 6.92 Å². The first kappa shape index (κ1) is 18.7. The number of hydrogen-bond donors (Lipinski definition) is 0. The molecule has 2 aromatic carbocycles. The van der Waals surface area contributed by atoms with Gasteiger partial charge in [-0.1, -0.05) is 24.3 Å². The third-order valence-corrected chi connectivity index (χ3v) is 3.67. The number of benzene rings is 2. The largest absolute Gasteiger partial charge is 0.490 e. The minimum absolute atomic E-state index is 0.0199. The number of alkyl halides is 2. The summed E-state index contributed by atoms with van der Waals surface area (Å²) < 4.78 is 34.7. The van der Waals surface area contributed by atoms with Crippen LogP contribution in [0.15, 0.2) is 42.5 Å². The molecule has 25 heavy (non-hydrogen) atoms. The third-order valence-electron chi connectivity index (χ3n) is 3.67. The van der Waals surface area contributed by atoms with E-state index in [0.717, 1.165) is 11.1 Å². The summed E-state index contributed by atoms with van der Waals surface area (Å²) in [6.07, 6.45) is 0. The first-order valence-corrected chi connectivity index (χ1v) is 7.94. The van der Waals surface area contributed by atoms with Crippen LogP contribution in [0.2, 0.25) is 0 Å². The highest BCUT2D eigenvalue weighted by molar-refractivity contribution is 5.95. The summed E-state index contributed by atoms with van der Waals surface area (Å²) >= 11 is 0. The molecule has 0 aliphatic heterocycles. The minimum Gasteiger partial charge on any atom is -0.490 e. The lowest BCUT2D eigenvalue weighted by molar-refractivity contribution is -0.0514. The van der Waals surface area contributed by atoms with Gasteiger partial charge in [-0.25, -0.2) is 0 Å². The van der Waals surface area contributed by atoms with Crippen LogP contribution in [0.1, 0.15) is 28.4 Å². The highest BCUT2D eigenvalue weighted by atomic mass is 19.3. The van der Waals surface area contributed by atoms with Crippen molar-refractivity contribution in [3.63, 3.8) is 0 Å². The maximum atomic E-state index is 12.6. The van der Waals surface area contributed by atoms with Crippen LogP contribution in [0.5, 0.6) is 11.5 Å². The molecule has 134 valence electrons. The molecule has 1 amide bonds. The van der Waals surface area contributed by atoms with Gasteiger partial charge in [0.2, 0.25) is 0 Å². The Morgan fingerprint density at radius 3 is 2.52 bits per heavy atom. The molecule has 0 fully saturated rings. The molecule has 0 saturated carbocycles. The topological polar surface area (TPSA) is 38.8 Å². The van der Waals surface area contributed by atoms with Crippen LogP contribution in [0.4, 0.5) is 8.78 Å². The Hall–Kier alpha value is -2.63. The van der Waals surface area contributed by atoms with Crippen LogP contribution in [-0.2, 0) is 6.54 Å². The molecular weight excluding hydrogens is 328 g/mol. The average Bonchev–Trinajstić information content (AvgIpc) is 2.57. The summed E-state index contributed by atoms with van der Waals surface area (Å²) in [5.74, 6) is 0.106. The van der Waals surface area contributed by atoms with Crippen molar-refractivity contribution in [1.82, 2.24) is 4.90 Å². The number of halogens is 2. The molecule has 0 spiro atoms. The number of ether oxygens (including phenoxy) is 2. The standard InChI is InChI=1S/C19H21F2NO3/c1-4-24-17-11-14(9-10-16(17)25-19(20)21)12-22(3)18(23)15-8-6-5-7-13(15)2/h5-11,19H,4,12H2,1-3H3. The van der Waals surface area contributed by atoms with Crippen molar-refractivity contribution < 1.29 is 23.0 Å². The van der Waals surface area contributed by atoms with Gasteiger partial charge in [-0.15, -0.1) is 0 Å². The van der Waals surface area contributed by atoms with Gasteiger partial charge in [-0.2, -0.15) is 8.78 Å². The number of carbonyl (C=O) groups excluding carboxylic acids is 1. The second kappa shape index (κ2) is 8.46. The van der Waals surface area contributed by atoms with E-state index >= 15 is 0 Å². The molecule has 2 rings (SSSR count). The van der Waals surface area contributed by atoms with E-state index in [2.05, 4.69) is 4.74 Å². The van der Waals surface area contributed by atoms with Crippen LogP contribution in [0.3, 0.4) is 0 Å². The normalized spacial score (nSPS) is 10.6. The average molecular weight is 349 g/mol. The molecule has 0 aliphatic carbocycles. The van der Waals surface area contributed by atoms with E-state index in [1.165, 1.54) is 6.07 Å². The molecule has 0 N–H and O–H groups in total. The van der Waals surface area contributed by atoms with Gasteiger partial charge >= 0.3 is 6.61 Å². The van der Waals surface area contributed by atoms with Gasteiger partial charge in [0, 0.05) is 19.2 Å². The summed E-state index contributed by atoms with van der Waals surface area (Å²) in [5.41, 5.74) is 2.29. The van der Waals surface area contributed by atoms with Crippen molar-refractivity contribution in [2.45, 2.75) is 27.0 Å². The van der Waals surface area contributed by atoms with Crippen LogP contribution in [-0.4, -0.2) is 31.1 Å². The van der Waals surface area contributed by atoms with Gasteiger partial charge < -0.3 is 14.4 Å². The summed E-state index contributed by atoms with van der Waals surface area (Å²) in [4.78, 5) is 14.1. The van der Waals surface area contributed by atoms with Crippen molar-refractivity contribution in [2.75, 3.05) is 13.7 Å². The molecule has 0 atom stereocenters. The third kappa shape index (κ3) is 4.92. The van der Waals surface area contributed by atoms with E-state index < -0.39 is 6.61 Å². The molecule has 0 unspecified atom stereocenters. The molecule has 0 bridgehead atoms. The SMILES string of the molecule is CCOc1cc(CN(C)C(=O)c2ccccc2C)ccc1OC(F)F. The van der Waals surface area contributed by atoms with E-state index in [0.29, 0.717) is 18.7 Å². The molecule has 0 aliphatic rings. The Bertz CT molecular complexity index is 734. The molecule has 0 aromatic heterocycles. The lowest BCUT2D eigenvalue weighted by atomic mass is 10.1. The van der Waals surface area contributed by atoms with Crippen molar-refractivity contribution in [1.29, 1.82) is 0 Å². The number of carbonyl (C=O) groups is 1. The number of hydrogen-bond acceptors (Lipinski definition) is 3. The Morgan fingerprint density at radius 1 is 1.16 bits per heavy atom. The predicted octanol–water partition coefficient (Wildman–Crippen LogP) is 4.27. The fraction of sp³-hybridized carbons (Fsp3) is 0.316. The van der Waals surface area contributed by atoms with Crippen LogP contribution < -0.4 is 9.47 Å². The molecule has 2 aromatic rings. The van der Waals surface area contributed by atoms with Crippen molar-refractivity contribution >= 4 is 5.91 Å². The monoisotopic (exact) mass is 349 g/mol. The Labute approximate surface area is 146 Å². The highest BCUT2D eigenvalue weighted by Gasteiger charge is 2.16. The lowest BCUT2D eigenvalue weighted by Crippen LogP contribution is -2.26. The molecule has 0 radical (unpaired) electrons. The Morgan fingerprint density at radius 2 is 1.88 bits per heavy atom. The fourth-order valence-electron chi connectivity index (χ4n) is 2.48. The smallest absolute Gasteiger partial charge is 0.387 e. The van der Waals surface area contributed by atoms with Crippen LogP contribution in [0.25, 0.3) is 0 Å². The van der Waals surface area contributed by atoms with E-state index in [4.69, 9.17) is 4.74 Å². The maximum Gasteiger partial charge on any atom is 0.387 e. The number of rotatable bonds is 7. The van der Waals surface area contributed by atoms with Gasteiger partial charge in [-0.3, -0.25) is 4.79 Å². The van der Waals surface area contributed by atoms with Gasteiger partial charge in [0.25, 0.3) is 5.91 Å². The van der Waals surface area contributed by atoms with Gasteiger partial charge in [-0.05, 0) is 43.2 Å². The Kier molecular flexibility index (Phi) is 6.33. The van der Waals surface area contributed by atoms with E-state index in [1.807, 2.05) is 25.1 Å². The van der Waals surface area contributed by atoms with Gasteiger partial charge in [0.15, 0.2) is 11.5 Å². The minimum atomic E-state index is -2.92. The Balaban J connectivity index is 2.17. The molecule has 6 heteroatoms. The highest BCUT2D eigenvalue weighted by Crippen LogP contribution is 2.30. The summed E-state index contributed by atoms with van der Waals surface area (Å²) in [6, 6.07) is 12.0. The summed E-state index contributed by atoms with van der Waals surface area (Å²) in [7, 11) is 1.69. The number of nitrogens with zero attached hydrogens (tertiary/aromatic N) is 1. The molecular formula is C19H21F2NO3. The predicted molar refractivity (Wildman–Crippen MR) is 91.2 cm³/mol. The maximum absolute atomic E-state index is 12.6. The first-order valence-electron chi connectivity index (χ1n) is 7.94. The number of amides is 1. The quantitative estimate of drug-likeness (QED) is 0.749. The van der Waals surface area contributed by atoms with Crippen LogP contribution >= 0.6 is 0 Å². The van der Waals surface area contributed by atoms with Gasteiger partial charge in [0.1, 0.15) is 0 Å². The molecule has 0 saturated heterocycles. The zero-order chi connectivity index (χ0) is 18.4. The van der Waals surface area contributed by atoms with E-state index in [9.17, 15) is 13.6 Å². The molecule has 4 nitrogen and oxygen atoms in total. The van der Waals surface area contributed by atoms with E-state index in [1.54, 1.807) is 37.1 Å². The van der Waals surface area contributed by atoms with Crippen molar-refractivity contribution in [2.24, 2.45) is 0 Å². The summed E-state index contributed by atoms with van der Waals surface area (Å²) in [6.45, 7) is 1.36. The van der Waals surface area contributed by atoms with E-state index in [-0.39, 0.29) is 17.4 Å². The summed E-state index contributed by atoms with van der Waals surface area (Å²) in [5, 5.41) is 0. The molecule has 0 heterocycles. The lowest BCUT2D eigenvalue weighted by Gasteiger charge is -2.19. The second-order valence-corrected chi connectivity index (χ2v) is 5.57.